The molecule has 2 aliphatic rings. The van der Waals surface area contributed by atoms with Crippen molar-refractivity contribution >= 4 is 5.96 Å². The Kier molecular flexibility index (Phi) is 4.98. The van der Waals surface area contributed by atoms with Crippen LogP contribution >= 0.6 is 0 Å². The lowest BCUT2D eigenvalue weighted by atomic mass is 9.74. The number of hydrogen-bond acceptors (Lipinski definition) is 2. The van der Waals surface area contributed by atoms with Crippen molar-refractivity contribution in [3.8, 4) is 0 Å². The highest BCUT2D eigenvalue weighted by molar-refractivity contribution is 5.78. The van der Waals surface area contributed by atoms with E-state index in [2.05, 4.69) is 35.2 Å². The lowest BCUT2D eigenvalue weighted by Gasteiger charge is -2.37. The normalized spacial score (nSPS) is 22.5. The van der Waals surface area contributed by atoms with Crippen molar-refractivity contribution in [2.24, 2.45) is 10.7 Å². The van der Waals surface area contributed by atoms with Gasteiger partial charge < -0.3 is 15.4 Å². The standard InChI is InChI=1S/C18H27N3O/c19-17(21-11-5-2-6-12-21)20-15-18(9-13-22-14-10-18)16-7-3-1-4-8-16/h1,3-4,7-8H,2,5-6,9-15H2,(H2,19,20). The first-order valence-corrected chi connectivity index (χ1v) is 8.48. The Labute approximate surface area is 133 Å². The molecule has 2 fully saturated rings. The molecule has 0 radical (unpaired) electrons. The van der Waals surface area contributed by atoms with Gasteiger partial charge in [-0.15, -0.1) is 0 Å². The van der Waals surface area contributed by atoms with E-state index in [1.165, 1.54) is 24.8 Å². The molecule has 2 aliphatic heterocycles. The van der Waals surface area contributed by atoms with Crippen LogP contribution in [0.4, 0.5) is 0 Å². The van der Waals surface area contributed by atoms with E-state index in [4.69, 9.17) is 15.5 Å². The summed E-state index contributed by atoms with van der Waals surface area (Å²) in [6.45, 7) is 4.50. The van der Waals surface area contributed by atoms with E-state index < -0.39 is 0 Å². The fourth-order valence-corrected chi connectivity index (χ4v) is 3.55. The van der Waals surface area contributed by atoms with Gasteiger partial charge in [-0.25, -0.2) is 0 Å². The lowest BCUT2D eigenvalue weighted by molar-refractivity contribution is 0.0530. The van der Waals surface area contributed by atoms with Gasteiger partial charge in [0.25, 0.3) is 0 Å². The van der Waals surface area contributed by atoms with Crippen LogP contribution < -0.4 is 5.73 Å². The van der Waals surface area contributed by atoms with E-state index in [-0.39, 0.29) is 5.41 Å². The Balaban J connectivity index is 1.75. The molecule has 4 heteroatoms. The number of hydrogen-bond donors (Lipinski definition) is 1. The van der Waals surface area contributed by atoms with Crippen molar-refractivity contribution in [1.29, 1.82) is 0 Å². The predicted molar refractivity (Wildman–Crippen MR) is 90.1 cm³/mol. The SMILES string of the molecule is NC(=NCC1(c2ccccc2)CCOCC1)N1CCCCC1. The van der Waals surface area contributed by atoms with Gasteiger partial charge in [-0.3, -0.25) is 4.99 Å². The fourth-order valence-electron chi connectivity index (χ4n) is 3.55. The average molecular weight is 301 g/mol. The highest BCUT2D eigenvalue weighted by atomic mass is 16.5. The molecule has 2 saturated heterocycles. The first-order chi connectivity index (χ1) is 10.8. The summed E-state index contributed by atoms with van der Waals surface area (Å²) in [7, 11) is 0. The maximum atomic E-state index is 6.25. The van der Waals surface area contributed by atoms with Gasteiger partial charge >= 0.3 is 0 Å². The molecule has 0 atom stereocenters. The summed E-state index contributed by atoms with van der Waals surface area (Å²) in [5.74, 6) is 0.724. The number of aliphatic imine (C=N–C) groups is 1. The zero-order valence-corrected chi connectivity index (χ0v) is 13.3. The third-order valence-corrected chi connectivity index (χ3v) is 5.06. The van der Waals surface area contributed by atoms with Crippen LogP contribution in [-0.2, 0) is 10.2 Å². The smallest absolute Gasteiger partial charge is 0.191 e. The third kappa shape index (κ3) is 3.43. The minimum Gasteiger partial charge on any atom is -0.381 e. The number of nitrogens with two attached hydrogens (primary N) is 1. The second-order valence-corrected chi connectivity index (χ2v) is 6.48. The van der Waals surface area contributed by atoms with Crippen molar-refractivity contribution in [1.82, 2.24) is 4.90 Å². The number of rotatable bonds is 3. The Morgan fingerprint density at radius 1 is 1.09 bits per heavy atom. The van der Waals surface area contributed by atoms with Crippen LogP contribution in [0.1, 0.15) is 37.7 Å². The van der Waals surface area contributed by atoms with Gasteiger partial charge in [0.05, 0.1) is 6.54 Å². The van der Waals surface area contributed by atoms with E-state index >= 15 is 0 Å². The van der Waals surface area contributed by atoms with Crippen LogP contribution in [0.3, 0.4) is 0 Å². The highest BCUT2D eigenvalue weighted by Crippen LogP contribution is 2.35. The van der Waals surface area contributed by atoms with Crippen molar-refractivity contribution in [3.63, 3.8) is 0 Å². The Morgan fingerprint density at radius 3 is 2.45 bits per heavy atom. The largest absolute Gasteiger partial charge is 0.381 e. The van der Waals surface area contributed by atoms with Gasteiger partial charge in [0.15, 0.2) is 5.96 Å². The first kappa shape index (κ1) is 15.3. The molecule has 4 nitrogen and oxygen atoms in total. The molecule has 0 saturated carbocycles. The van der Waals surface area contributed by atoms with Crippen molar-refractivity contribution in [2.45, 2.75) is 37.5 Å². The number of nitrogens with zero attached hydrogens (tertiary/aromatic N) is 2. The highest BCUT2D eigenvalue weighted by Gasteiger charge is 2.34. The summed E-state index contributed by atoms with van der Waals surface area (Å²) in [6.07, 6.45) is 5.82. The fraction of sp³-hybridized carbons (Fsp3) is 0.611. The van der Waals surface area contributed by atoms with Crippen molar-refractivity contribution in [2.75, 3.05) is 32.8 Å². The summed E-state index contributed by atoms with van der Waals surface area (Å²) in [5, 5.41) is 0. The van der Waals surface area contributed by atoms with Crippen molar-refractivity contribution in [3.05, 3.63) is 35.9 Å². The molecule has 2 heterocycles. The minimum atomic E-state index is 0.0833. The summed E-state index contributed by atoms with van der Waals surface area (Å²) in [4.78, 5) is 7.02. The molecular formula is C18H27N3O. The molecule has 2 N–H and O–H groups in total. The Morgan fingerprint density at radius 2 is 1.77 bits per heavy atom. The molecule has 1 aromatic carbocycles. The van der Waals surface area contributed by atoms with E-state index in [1.807, 2.05) is 0 Å². The molecule has 0 aromatic heterocycles. The number of ether oxygens (including phenoxy) is 1. The Bertz CT molecular complexity index is 488. The number of piperidine rings is 1. The molecular weight excluding hydrogens is 274 g/mol. The summed E-state index contributed by atoms with van der Waals surface area (Å²) in [5.41, 5.74) is 7.70. The molecule has 3 rings (SSSR count). The second kappa shape index (κ2) is 7.14. The van der Waals surface area contributed by atoms with Gasteiger partial charge in [0, 0.05) is 31.7 Å². The second-order valence-electron chi connectivity index (χ2n) is 6.48. The quantitative estimate of drug-likeness (QED) is 0.689. The predicted octanol–water partition coefficient (Wildman–Crippen LogP) is 2.54. The van der Waals surface area contributed by atoms with Gasteiger partial charge in [-0.05, 0) is 37.7 Å². The molecule has 120 valence electrons. The monoisotopic (exact) mass is 301 g/mol. The topological polar surface area (TPSA) is 50.9 Å². The molecule has 0 bridgehead atoms. The van der Waals surface area contributed by atoms with Gasteiger partial charge in [0.1, 0.15) is 0 Å². The maximum Gasteiger partial charge on any atom is 0.191 e. The molecule has 0 amide bonds. The van der Waals surface area contributed by atoms with Crippen LogP contribution in [0.2, 0.25) is 0 Å². The zero-order chi connectivity index (χ0) is 15.3. The van der Waals surface area contributed by atoms with E-state index in [1.54, 1.807) is 0 Å². The third-order valence-electron chi connectivity index (χ3n) is 5.06. The van der Waals surface area contributed by atoms with E-state index in [0.29, 0.717) is 0 Å². The molecule has 0 spiro atoms. The van der Waals surface area contributed by atoms with Crippen LogP contribution in [0, 0.1) is 0 Å². The van der Waals surface area contributed by atoms with Crippen LogP contribution in [0.5, 0.6) is 0 Å². The molecule has 0 aliphatic carbocycles. The van der Waals surface area contributed by atoms with Crippen molar-refractivity contribution < 1.29 is 4.74 Å². The van der Waals surface area contributed by atoms with Crippen LogP contribution in [-0.4, -0.2) is 43.7 Å². The lowest BCUT2D eigenvalue weighted by Crippen LogP contribution is -2.43. The number of guanidine groups is 1. The Hall–Kier alpha value is -1.55. The molecule has 22 heavy (non-hydrogen) atoms. The number of likely N-dealkylation sites (tertiary alicyclic amines) is 1. The van der Waals surface area contributed by atoms with Crippen LogP contribution in [0.25, 0.3) is 0 Å². The average Bonchev–Trinajstić information content (AvgIpc) is 2.62. The van der Waals surface area contributed by atoms with Gasteiger partial charge in [-0.1, -0.05) is 30.3 Å². The first-order valence-electron chi connectivity index (χ1n) is 8.48. The summed E-state index contributed by atoms with van der Waals surface area (Å²) >= 11 is 0. The summed E-state index contributed by atoms with van der Waals surface area (Å²) < 4.78 is 5.58. The van der Waals surface area contributed by atoms with Crippen LogP contribution in [0.15, 0.2) is 35.3 Å². The molecule has 0 unspecified atom stereocenters. The number of benzene rings is 1. The zero-order valence-electron chi connectivity index (χ0n) is 13.3. The van der Waals surface area contributed by atoms with Gasteiger partial charge in [0.2, 0.25) is 0 Å². The molecule has 1 aromatic rings. The minimum absolute atomic E-state index is 0.0833. The van der Waals surface area contributed by atoms with E-state index in [0.717, 1.165) is 51.6 Å². The van der Waals surface area contributed by atoms with Gasteiger partial charge in [-0.2, -0.15) is 0 Å². The van der Waals surface area contributed by atoms with E-state index in [9.17, 15) is 0 Å². The maximum absolute atomic E-state index is 6.25. The summed E-state index contributed by atoms with van der Waals surface area (Å²) in [6, 6.07) is 10.7.